The number of nitrogens with one attached hydrogen (secondary N) is 1. The van der Waals surface area contributed by atoms with E-state index in [1.807, 2.05) is 7.05 Å². The Hall–Kier alpha value is -3.94. The summed E-state index contributed by atoms with van der Waals surface area (Å²) in [7, 11) is 2.04. The van der Waals surface area contributed by atoms with Crippen molar-refractivity contribution >= 4 is 49.2 Å². The molecule has 0 saturated heterocycles. The average Bonchev–Trinajstić information content (AvgIpc) is 3.50. The zero-order valence-electron chi connectivity index (χ0n) is 21.3. The third-order valence-electron chi connectivity index (χ3n) is 8.24. The minimum Gasteiger partial charge on any atom is -0.310 e. The standard InChI is InChI=1S/C36H31N/c1-37-34(25-12-2-3-13-25)20-10-11-24-21-22-32-33(23-24)28-16-6-9-19-31(28)35-29-17-7-4-14-26(29)27-15-5-8-18-30(27)36(32)35/h2-6,8-10,12,14-16,18-23,34,37H,7,11,13,17H2,1H3/b20-10-. The van der Waals surface area contributed by atoms with E-state index in [1.54, 1.807) is 0 Å². The van der Waals surface area contributed by atoms with Crippen molar-refractivity contribution in [1.82, 2.24) is 5.32 Å². The fourth-order valence-electron chi connectivity index (χ4n) is 6.51. The number of rotatable bonds is 5. The van der Waals surface area contributed by atoms with Gasteiger partial charge < -0.3 is 5.32 Å². The van der Waals surface area contributed by atoms with Crippen molar-refractivity contribution in [3.8, 4) is 0 Å². The first-order valence-electron chi connectivity index (χ1n) is 13.5. The van der Waals surface area contributed by atoms with Crippen LogP contribution < -0.4 is 5.32 Å². The van der Waals surface area contributed by atoms with Crippen LogP contribution in [0.2, 0.25) is 0 Å². The second-order valence-corrected chi connectivity index (χ2v) is 10.3. The Labute approximate surface area is 218 Å². The van der Waals surface area contributed by atoms with Gasteiger partial charge in [-0.25, -0.2) is 0 Å². The minimum absolute atomic E-state index is 0.298. The molecule has 0 radical (unpaired) electrons. The van der Waals surface area contributed by atoms with Crippen LogP contribution >= 0.6 is 0 Å². The molecule has 0 aromatic heterocycles. The van der Waals surface area contributed by atoms with Crippen molar-refractivity contribution in [2.45, 2.75) is 31.7 Å². The van der Waals surface area contributed by atoms with Gasteiger partial charge in [0, 0.05) is 6.04 Å². The van der Waals surface area contributed by atoms with Crippen molar-refractivity contribution in [2.24, 2.45) is 0 Å². The Bertz CT molecular complexity index is 1810. The molecule has 0 heterocycles. The number of benzene rings is 5. The van der Waals surface area contributed by atoms with Gasteiger partial charge in [-0.1, -0.05) is 109 Å². The Morgan fingerprint density at radius 3 is 2.35 bits per heavy atom. The number of hydrogen-bond donors (Lipinski definition) is 1. The summed E-state index contributed by atoms with van der Waals surface area (Å²) >= 11 is 0. The van der Waals surface area contributed by atoms with Gasteiger partial charge in [0.25, 0.3) is 0 Å². The van der Waals surface area contributed by atoms with E-state index in [-0.39, 0.29) is 0 Å². The van der Waals surface area contributed by atoms with Crippen LogP contribution in [0, 0.1) is 0 Å². The Morgan fingerprint density at radius 1 is 0.811 bits per heavy atom. The lowest BCUT2D eigenvalue weighted by atomic mass is 9.82. The van der Waals surface area contributed by atoms with E-state index in [1.165, 1.54) is 65.4 Å². The minimum atomic E-state index is 0.298. The number of likely N-dealkylation sites (N-methyl/N-ethyl adjacent to an activating group) is 1. The SMILES string of the molecule is CNC(/C=C\Cc1ccc2c(c1)c1ccccc1c1c3c(c4ccccc4c21)C=CCC3)C1=CC=CC1. The summed E-state index contributed by atoms with van der Waals surface area (Å²) in [6, 6.07) is 25.5. The molecule has 37 heavy (non-hydrogen) atoms. The van der Waals surface area contributed by atoms with Crippen molar-refractivity contribution in [2.75, 3.05) is 7.05 Å². The zero-order valence-corrected chi connectivity index (χ0v) is 21.3. The maximum Gasteiger partial charge on any atom is 0.0469 e. The fourth-order valence-corrected chi connectivity index (χ4v) is 6.51. The van der Waals surface area contributed by atoms with Crippen LogP contribution in [-0.4, -0.2) is 13.1 Å². The summed E-state index contributed by atoms with van der Waals surface area (Å²) in [5.41, 5.74) is 5.70. The Kier molecular flexibility index (Phi) is 5.52. The van der Waals surface area contributed by atoms with Crippen LogP contribution in [0.3, 0.4) is 0 Å². The van der Waals surface area contributed by atoms with Crippen molar-refractivity contribution in [3.63, 3.8) is 0 Å². The first kappa shape index (κ1) is 22.3. The highest BCUT2D eigenvalue weighted by Gasteiger charge is 2.19. The van der Waals surface area contributed by atoms with Gasteiger partial charge in [-0.05, 0) is 98.1 Å². The number of fused-ring (bicyclic) bond motifs is 11. The second-order valence-electron chi connectivity index (χ2n) is 10.3. The second kappa shape index (κ2) is 9.18. The number of aryl methyl sites for hydroxylation is 1. The molecule has 1 unspecified atom stereocenters. The van der Waals surface area contributed by atoms with Crippen LogP contribution in [-0.2, 0) is 12.8 Å². The topological polar surface area (TPSA) is 12.0 Å². The molecule has 0 saturated carbocycles. The predicted molar refractivity (Wildman–Crippen MR) is 161 cm³/mol. The molecule has 5 aromatic rings. The summed E-state index contributed by atoms with van der Waals surface area (Å²) in [5.74, 6) is 0. The molecule has 1 atom stereocenters. The summed E-state index contributed by atoms with van der Waals surface area (Å²) < 4.78 is 0. The van der Waals surface area contributed by atoms with Gasteiger partial charge in [0.05, 0.1) is 0 Å². The summed E-state index contributed by atoms with van der Waals surface area (Å²) in [6.07, 6.45) is 20.1. The van der Waals surface area contributed by atoms with Crippen LogP contribution in [0.1, 0.15) is 29.5 Å². The van der Waals surface area contributed by atoms with E-state index >= 15 is 0 Å². The molecule has 7 rings (SSSR count). The first-order chi connectivity index (χ1) is 18.3. The predicted octanol–water partition coefficient (Wildman–Crippen LogP) is 8.83. The van der Waals surface area contributed by atoms with E-state index in [9.17, 15) is 0 Å². The van der Waals surface area contributed by atoms with E-state index in [0.29, 0.717) is 6.04 Å². The van der Waals surface area contributed by atoms with E-state index in [2.05, 4.69) is 115 Å². The van der Waals surface area contributed by atoms with Crippen LogP contribution in [0.25, 0.3) is 49.2 Å². The van der Waals surface area contributed by atoms with Gasteiger partial charge in [0.1, 0.15) is 0 Å². The maximum atomic E-state index is 3.45. The van der Waals surface area contributed by atoms with Gasteiger partial charge in [0.2, 0.25) is 0 Å². The molecule has 180 valence electrons. The molecule has 2 aliphatic rings. The first-order valence-corrected chi connectivity index (χ1v) is 13.5. The third-order valence-corrected chi connectivity index (χ3v) is 8.24. The Morgan fingerprint density at radius 2 is 1.57 bits per heavy atom. The molecule has 1 N–H and O–H groups in total. The van der Waals surface area contributed by atoms with Crippen LogP contribution in [0.15, 0.2) is 109 Å². The van der Waals surface area contributed by atoms with Gasteiger partial charge in [-0.3, -0.25) is 0 Å². The zero-order chi connectivity index (χ0) is 24.8. The molecule has 1 nitrogen and oxygen atoms in total. The van der Waals surface area contributed by atoms with Gasteiger partial charge in [-0.15, -0.1) is 0 Å². The largest absolute Gasteiger partial charge is 0.310 e. The van der Waals surface area contributed by atoms with Gasteiger partial charge in [0.15, 0.2) is 0 Å². The lowest BCUT2D eigenvalue weighted by Gasteiger charge is -2.21. The van der Waals surface area contributed by atoms with Crippen LogP contribution in [0.4, 0.5) is 0 Å². The summed E-state index contributed by atoms with van der Waals surface area (Å²) in [5, 5.41) is 14.5. The molecule has 1 heteroatoms. The van der Waals surface area contributed by atoms with E-state index in [0.717, 1.165) is 25.7 Å². The van der Waals surface area contributed by atoms with Crippen molar-refractivity contribution in [1.29, 1.82) is 0 Å². The highest BCUT2D eigenvalue weighted by Crippen LogP contribution is 2.44. The number of hydrogen-bond acceptors (Lipinski definition) is 1. The van der Waals surface area contributed by atoms with Crippen molar-refractivity contribution in [3.05, 3.63) is 125 Å². The van der Waals surface area contributed by atoms with E-state index < -0.39 is 0 Å². The molecular formula is C36H31N. The van der Waals surface area contributed by atoms with Gasteiger partial charge >= 0.3 is 0 Å². The average molecular weight is 478 g/mol. The van der Waals surface area contributed by atoms with E-state index in [4.69, 9.17) is 0 Å². The molecule has 0 spiro atoms. The quantitative estimate of drug-likeness (QED) is 0.197. The molecular weight excluding hydrogens is 446 g/mol. The maximum absolute atomic E-state index is 3.45. The highest BCUT2D eigenvalue weighted by atomic mass is 14.9. The molecule has 0 amide bonds. The van der Waals surface area contributed by atoms with Gasteiger partial charge in [-0.2, -0.15) is 0 Å². The lowest BCUT2D eigenvalue weighted by Crippen LogP contribution is -2.24. The van der Waals surface area contributed by atoms with Crippen LogP contribution in [0.5, 0.6) is 0 Å². The molecule has 2 aliphatic carbocycles. The van der Waals surface area contributed by atoms with Crippen molar-refractivity contribution < 1.29 is 0 Å². The normalized spacial score (nSPS) is 15.9. The molecule has 5 aromatic carbocycles. The molecule has 0 bridgehead atoms. The third kappa shape index (κ3) is 3.65. The number of allylic oxidation sites excluding steroid dienone is 5. The molecule has 0 fully saturated rings. The highest BCUT2D eigenvalue weighted by molar-refractivity contribution is 6.33. The summed E-state index contributed by atoms with van der Waals surface area (Å²) in [6.45, 7) is 0. The Balaban J connectivity index is 1.44. The fraction of sp³-hybridized carbons (Fsp3) is 0.167. The smallest absolute Gasteiger partial charge is 0.0469 e. The monoisotopic (exact) mass is 477 g/mol. The molecule has 0 aliphatic heterocycles. The lowest BCUT2D eigenvalue weighted by molar-refractivity contribution is 0.739. The summed E-state index contributed by atoms with van der Waals surface area (Å²) in [4.78, 5) is 0.